The number of piperidine rings is 1. The van der Waals surface area contributed by atoms with Crippen LogP contribution in [0.25, 0.3) is 0 Å². The molecule has 1 aromatic rings. The second-order valence-corrected chi connectivity index (χ2v) is 8.46. The summed E-state index contributed by atoms with van der Waals surface area (Å²) in [6.45, 7) is 1.65. The Kier molecular flexibility index (Phi) is 5.24. The Morgan fingerprint density at radius 1 is 1.13 bits per heavy atom. The molecule has 0 unspecified atom stereocenters. The largest absolute Gasteiger partial charge is 0.496 e. The Hall–Kier alpha value is -1.11. The Morgan fingerprint density at radius 3 is 2.48 bits per heavy atom. The molecule has 0 aromatic heterocycles. The van der Waals surface area contributed by atoms with Crippen molar-refractivity contribution in [2.75, 3.05) is 26.0 Å². The Balaban J connectivity index is 1.47. The smallest absolute Gasteiger partial charge is 0.214 e. The molecular formula is C17H25NO4S. The molecule has 1 saturated heterocycles. The molecule has 128 valence electrons. The zero-order valence-corrected chi connectivity index (χ0v) is 14.4. The molecule has 0 radical (unpaired) electrons. The lowest BCUT2D eigenvalue weighted by molar-refractivity contribution is 0.00944. The third-order valence-electron chi connectivity index (χ3n) is 4.60. The standard InChI is InChI=1S/C17H25NO4S/c1-21-17-5-3-2-4-15(17)12-22-16-8-10-18(11-9-16)23(19,20)13-14-6-7-14/h2-5,14,16H,6-13H2,1H3. The topological polar surface area (TPSA) is 55.8 Å². The van der Waals surface area contributed by atoms with E-state index in [1.54, 1.807) is 11.4 Å². The van der Waals surface area contributed by atoms with Crippen LogP contribution in [-0.4, -0.2) is 44.8 Å². The predicted octanol–water partition coefficient (Wildman–Crippen LogP) is 2.42. The average Bonchev–Trinajstić information content (AvgIpc) is 3.37. The minimum absolute atomic E-state index is 0.118. The molecule has 5 nitrogen and oxygen atoms in total. The first-order valence-electron chi connectivity index (χ1n) is 8.30. The van der Waals surface area contributed by atoms with Crippen molar-refractivity contribution in [1.29, 1.82) is 0 Å². The van der Waals surface area contributed by atoms with Crippen molar-refractivity contribution in [1.82, 2.24) is 4.31 Å². The highest BCUT2D eigenvalue weighted by atomic mass is 32.2. The van der Waals surface area contributed by atoms with Gasteiger partial charge in [-0.15, -0.1) is 0 Å². The molecule has 1 aliphatic heterocycles. The summed E-state index contributed by atoms with van der Waals surface area (Å²) in [7, 11) is -1.41. The monoisotopic (exact) mass is 339 g/mol. The van der Waals surface area contributed by atoms with Gasteiger partial charge in [0.15, 0.2) is 0 Å². The molecular weight excluding hydrogens is 314 g/mol. The summed E-state index contributed by atoms with van der Waals surface area (Å²) in [5.74, 6) is 1.57. The molecule has 0 amide bonds. The summed E-state index contributed by atoms with van der Waals surface area (Å²) < 4.78 is 37.5. The molecule has 0 atom stereocenters. The van der Waals surface area contributed by atoms with Crippen LogP contribution in [0, 0.1) is 5.92 Å². The molecule has 0 spiro atoms. The number of ether oxygens (including phenoxy) is 2. The van der Waals surface area contributed by atoms with Gasteiger partial charge >= 0.3 is 0 Å². The molecule has 6 heteroatoms. The average molecular weight is 339 g/mol. The van der Waals surface area contributed by atoms with Crippen LogP contribution in [-0.2, 0) is 21.4 Å². The minimum atomic E-state index is -3.06. The maximum Gasteiger partial charge on any atom is 0.214 e. The van der Waals surface area contributed by atoms with Gasteiger partial charge in [-0.3, -0.25) is 0 Å². The molecule has 0 N–H and O–H groups in total. The highest BCUT2D eigenvalue weighted by molar-refractivity contribution is 7.89. The van der Waals surface area contributed by atoms with Gasteiger partial charge in [0.1, 0.15) is 5.75 Å². The van der Waals surface area contributed by atoms with E-state index in [1.165, 1.54) is 0 Å². The van der Waals surface area contributed by atoms with E-state index in [2.05, 4.69) is 0 Å². The lowest BCUT2D eigenvalue weighted by atomic mass is 10.1. The van der Waals surface area contributed by atoms with Crippen LogP contribution in [0.5, 0.6) is 5.75 Å². The SMILES string of the molecule is COc1ccccc1COC1CCN(S(=O)(=O)CC2CC2)CC1. The Labute approximate surface area is 138 Å². The molecule has 2 fully saturated rings. The molecule has 2 aliphatic rings. The third kappa shape index (κ3) is 4.46. The van der Waals surface area contributed by atoms with Gasteiger partial charge in [0, 0.05) is 18.7 Å². The van der Waals surface area contributed by atoms with E-state index in [-0.39, 0.29) is 6.10 Å². The number of sulfonamides is 1. The van der Waals surface area contributed by atoms with E-state index in [0.717, 1.165) is 37.0 Å². The van der Waals surface area contributed by atoms with Crippen molar-refractivity contribution >= 4 is 10.0 Å². The van der Waals surface area contributed by atoms with E-state index >= 15 is 0 Å². The van der Waals surface area contributed by atoms with Crippen LogP contribution in [0.3, 0.4) is 0 Å². The van der Waals surface area contributed by atoms with Gasteiger partial charge in [0.2, 0.25) is 10.0 Å². The van der Waals surface area contributed by atoms with Gasteiger partial charge in [0.05, 0.1) is 25.6 Å². The van der Waals surface area contributed by atoms with Crippen molar-refractivity contribution in [3.63, 3.8) is 0 Å². The molecule has 3 rings (SSSR count). The Bertz CT molecular complexity index is 619. The summed E-state index contributed by atoms with van der Waals surface area (Å²) in [5.41, 5.74) is 1.03. The fraction of sp³-hybridized carbons (Fsp3) is 0.647. The molecule has 1 heterocycles. The lowest BCUT2D eigenvalue weighted by Crippen LogP contribution is -2.42. The van der Waals surface area contributed by atoms with Crippen LogP contribution >= 0.6 is 0 Å². The van der Waals surface area contributed by atoms with E-state index in [1.807, 2.05) is 24.3 Å². The van der Waals surface area contributed by atoms with Gasteiger partial charge in [-0.05, 0) is 37.7 Å². The van der Waals surface area contributed by atoms with Crippen LogP contribution in [0.4, 0.5) is 0 Å². The van der Waals surface area contributed by atoms with Crippen molar-refractivity contribution < 1.29 is 17.9 Å². The number of methoxy groups -OCH3 is 1. The number of nitrogens with zero attached hydrogens (tertiary/aromatic N) is 1. The maximum absolute atomic E-state index is 12.3. The first-order valence-corrected chi connectivity index (χ1v) is 9.91. The van der Waals surface area contributed by atoms with Crippen LogP contribution in [0.15, 0.2) is 24.3 Å². The zero-order valence-electron chi connectivity index (χ0n) is 13.6. The highest BCUT2D eigenvalue weighted by Gasteiger charge is 2.34. The quantitative estimate of drug-likeness (QED) is 0.765. The molecule has 1 aliphatic carbocycles. The second-order valence-electron chi connectivity index (χ2n) is 6.44. The first kappa shape index (κ1) is 16.7. The normalized spacial score (nSPS) is 20.6. The van der Waals surface area contributed by atoms with Crippen LogP contribution in [0.2, 0.25) is 0 Å². The maximum atomic E-state index is 12.3. The molecule has 1 saturated carbocycles. The summed E-state index contributed by atoms with van der Waals surface area (Å²) in [6.07, 6.45) is 3.78. The van der Waals surface area contributed by atoms with Gasteiger partial charge in [-0.2, -0.15) is 0 Å². The fourth-order valence-corrected chi connectivity index (χ4v) is 4.90. The summed E-state index contributed by atoms with van der Waals surface area (Å²) >= 11 is 0. The van der Waals surface area contributed by atoms with Crippen molar-refractivity contribution in [3.8, 4) is 5.75 Å². The van der Waals surface area contributed by atoms with Gasteiger partial charge in [-0.25, -0.2) is 12.7 Å². The molecule has 1 aromatic carbocycles. The zero-order chi connectivity index (χ0) is 16.3. The fourth-order valence-electron chi connectivity index (χ4n) is 2.99. The second kappa shape index (κ2) is 7.20. The highest BCUT2D eigenvalue weighted by Crippen LogP contribution is 2.32. The van der Waals surface area contributed by atoms with E-state index in [0.29, 0.717) is 31.4 Å². The van der Waals surface area contributed by atoms with E-state index in [4.69, 9.17) is 9.47 Å². The van der Waals surface area contributed by atoms with Gasteiger partial charge < -0.3 is 9.47 Å². The number of hydrogen-bond acceptors (Lipinski definition) is 4. The summed E-state index contributed by atoms with van der Waals surface area (Å²) in [5, 5.41) is 0. The van der Waals surface area contributed by atoms with Crippen LogP contribution < -0.4 is 4.74 Å². The predicted molar refractivity (Wildman–Crippen MR) is 88.9 cm³/mol. The number of rotatable bonds is 7. The first-order chi connectivity index (χ1) is 11.1. The van der Waals surface area contributed by atoms with Gasteiger partial charge in [0.25, 0.3) is 0 Å². The lowest BCUT2D eigenvalue weighted by Gasteiger charge is -2.31. The van der Waals surface area contributed by atoms with Crippen molar-refractivity contribution in [2.45, 2.75) is 38.4 Å². The molecule has 23 heavy (non-hydrogen) atoms. The number of benzene rings is 1. The van der Waals surface area contributed by atoms with E-state index < -0.39 is 10.0 Å². The number of hydrogen-bond donors (Lipinski definition) is 0. The molecule has 0 bridgehead atoms. The van der Waals surface area contributed by atoms with Crippen molar-refractivity contribution in [3.05, 3.63) is 29.8 Å². The Morgan fingerprint density at radius 2 is 1.83 bits per heavy atom. The van der Waals surface area contributed by atoms with Crippen molar-refractivity contribution in [2.24, 2.45) is 5.92 Å². The van der Waals surface area contributed by atoms with Gasteiger partial charge in [-0.1, -0.05) is 18.2 Å². The minimum Gasteiger partial charge on any atom is -0.496 e. The summed E-state index contributed by atoms with van der Waals surface area (Å²) in [6, 6.07) is 7.82. The summed E-state index contributed by atoms with van der Waals surface area (Å²) in [4.78, 5) is 0. The third-order valence-corrected chi connectivity index (χ3v) is 6.65. The number of para-hydroxylation sites is 1. The van der Waals surface area contributed by atoms with Crippen LogP contribution in [0.1, 0.15) is 31.2 Å². The van der Waals surface area contributed by atoms with E-state index in [9.17, 15) is 8.42 Å².